The Morgan fingerprint density at radius 1 is 0.854 bits per heavy atom. The first-order chi connectivity index (χ1) is 19.9. The Labute approximate surface area is 237 Å². The van der Waals surface area contributed by atoms with Gasteiger partial charge in [0.2, 0.25) is 5.91 Å². The van der Waals surface area contributed by atoms with Crippen molar-refractivity contribution in [1.29, 1.82) is 5.26 Å². The lowest BCUT2D eigenvalue weighted by Gasteiger charge is -2.24. The number of hydrogen-bond acceptors (Lipinski definition) is 8. The largest absolute Gasteiger partial charge is 0.545 e. The molecule has 9 heteroatoms. The maximum atomic E-state index is 13.7. The number of ether oxygens (including phenoxy) is 3. The summed E-state index contributed by atoms with van der Waals surface area (Å²) < 4.78 is 17.2. The number of nitrogens with zero attached hydrogens (tertiary/aromatic N) is 1. The first kappa shape index (κ1) is 28.5. The fourth-order valence-electron chi connectivity index (χ4n) is 4.16. The van der Waals surface area contributed by atoms with Crippen molar-refractivity contribution in [3.8, 4) is 23.3 Å². The molecule has 0 saturated carbocycles. The second kappa shape index (κ2) is 13.5. The minimum absolute atomic E-state index is 0.0127. The number of aromatic carboxylic acids is 1. The summed E-state index contributed by atoms with van der Waals surface area (Å²) in [6, 6.07) is 26.9. The highest BCUT2D eigenvalue weighted by Gasteiger charge is 2.27. The van der Waals surface area contributed by atoms with Gasteiger partial charge in [0.25, 0.3) is 0 Å². The van der Waals surface area contributed by atoms with Crippen LogP contribution < -0.4 is 30.0 Å². The molecule has 1 unspecified atom stereocenters. The molecule has 0 saturated heterocycles. The van der Waals surface area contributed by atoms with Crippen molar-refractivity contribution in [3.05, 3.63) is 119 Å². The number of nitrogens with one attached hydrogen (secondary N) is 2. The third-order valence-corrected chi connectivity index (χ3v) is 6.28. The molecule has 0 radical (unpaired) electrons. The number of anilines is 1. The fraction of sp³-hybridized carbons (Fsp3) is 0.156. The summed E-state index contributed by atoms with van der Waals surface area (Å²) in [5.41, 5.74) is 3.08. The number of methoxy groups -OCH3 is 2. The summed E-state index contributed by atoms with van der Waals surface area (Å²) in [5.74, 6) is -0.537. The lowest BCUT2D eigenvalue weighted by atomic mass is 10.0. The highest BCUT2D eigenvalue weighted by molar-refractivity contribution is 5.87. The van der Waals surface area contributed by atoms with Crippen molar-refractivity contribution in [2.45, 2.75) is 19.2 Å². The summed E-state index contributed by atoms with van der Waals surface area (Å²) >= 11 is 0. The Morgan fingerprint density at radius 3 is 2.20 bits per heavy atom. The van der Waals surface area contributed by atoms with Crippen molar-refractivity contribution in [1.82, 2.24) is 5.32 Å². The van der Waals surface area contributed by atoms with Crippen LogP contribution >= 0.6 is 0 Å². The standard InChI is InChI=1S/C32H29N3O6/c1-39-28-16-26(27(17-29(28)40-2)41-20-23-9-6-10-24(15-23)32(37)38)30(35-25-13-11-21(18-33)12-14-25)31(36)34-19-22-7-4-3-5-8-22/h3-17,30,35H,19-20H2,1-2H3,(H,34,36)(H,37,38)/p-1. The van der Waals surface area contributed by atoms with Gasteiger partial charge in [-0.25, -0.2) is 0 Å². The average molecular weight is 551 g/mol. The molecular formula is C32H28N3O6-. The van der Waals surface area contributed by atoms with Crippen molar-refractivity contribution >= 4 is 17.6 Å². The third kappa shape index (κ3) is 7.34. The van der Waals surface area contributed by atoms with E-state index in [2.05, 4.69) is 16.7 Å². The maximum Gasteiger partial charge on any atom is 0.247 e. The SMILES string of the molecule is COc1cc(OCc2cccc(C(=O)[O-])c2)c(C(Nc2ccc(C#N)cc2)C(=O)NCc2ccccc2)cc1OC. The molecule has 9 nitrogen and oxygen atoms in total. The Kier molecular flexibility index (Phi) is 9.41. The van der Waals surface area contributed by atoms with Crippen LogP contribution in [0.15, 0.2) is 91.0 Å². The molecule has 1 amide bonds. The minimum Gasteiger partial charge on any atom is -0.545 e. The molecule has 0 heterocycles. The van der Waals surface area contributed by atoms with Gasteiger partial charge in [-0.05, 0) is 53.1 Å². The normalized spacial score (nSPS) is 11.0. The van der Waals surface area contributed by atoms with E-state index in [1.54, 1.807) is 48.5 Å². The summed E-state index contributed by atoms with van der Waals surface area (Å²) in [5, 5.41) is 26.7. The van der Waals surface area contributed by atoms with Crippen molar-refractivity contribution in [3.63, 3.8) is 0 Å². The zero-order valence-corrected chi connectivity index (χ0v) is 22.5. The predicted molar refractivity (Wildman–Crippen MR) is 150 cm³/mol. The Hall–Kier alpha value is -5.49. The van der Waals surface area contributed by atoms with E-state index in [4.69, 9.17) is 14.2 Å². The molecule has 2 N–H and O–H groups in total. The van der Waals surface area contributed by atoms with Gasteiger partial charge in [-0.1, -0.05) is 48.5 Å². The molecule has 208 valence electrons. The number of amides is 1. The van der Waals surface area contributed by atoms with Crippen LogP contribution in [0.5, 0.6) is 17.2 Å². The number of carbonyl (C=O) groups is 2. The van der Waals surface area contributed by atoms with E-state index in [1.807, 2.05) is 30.3 Å². The molecular weight excluding hydrogens is 522 g/mol. The van der Waals surface area contributed by atoms with Gasteiger partial charge in [-0.15, -0.1) is 0 Å². The summed E-state index contributed by atoms with van der Waals surface area (Å²) in [6.07, 6.45) is 0. The van der Waals surface area contributed by atoms with Crippen molar-refractivity contribution < 1.29 is 28.9 Å². The van der Waals surface area contributed by atoms with Gasteiger partial charge in [-0.3, -0.25) is 4.79 Å². The monoisotopic (exact) mass is 550 g/mol. The molecule has 4 rings (SSSR count). The first-order valence-electron chi connectivity index (χ1n) is 12.7. The van der Waals surface area contributed by atoms with Gasteiger partial charge in [0, 0.05) is 23.9 Å². The molecule has 0 spiro atoms. The van der Waals surface area contributed by atoms with E-state index in [9.17, 15) is 20.0 Å². The van der Waals surface area contributed by atoms with Crippen LogP contribution in [0.2, 0.25) is 0 Å². The number of carboxylic acids is 1. The molecule has 41 heavy (non-hydrogen) atoms. The van der Waals surface area contributed by atoms with Gasteiger partial charge in [0.05, 0.1) is 31.8 Å². The molecule has 0 aromatic heterocycles. The van der Waals surface area contributed by atoms with E-state index >= 15 is 0 Å². The number of rotatable bonds is 12. The Balaban J connectivity index is 1.72. The van der Waals surface area contributed by atoms with Gasteiger partial charge in [-0.2, -0.15) is 5.26 Å². The van der Waals surface area contributed by atoms with Crippen LogP contribution in [0.4, 0.5) is 5.69 Å². The van der Waals surface area contributed by atoms with Crippen LogP contribution in [0.25, 0.3) is 0 Å². The first-order valence-corrected chi connectivity index (χ1v) is 12.7. The number of benzene rings is 4. The number of hydrogen-bond donors (Lipinski definition) is 2. The Morgan fingerprint density at radius 2 is 1.54 bits per heavy atom. The van der Waals surface area contributed by atoms with E-state index < -0.39 is 12.0 Å². The molecule has 0 bridgehead atoms. The minimum atomic E-state index is -1.29. The van der Waals surface area contributed by atoms with E-state index in [-0.39, 0.29) is 18.1 Å². The fourth-order valence-corrected chi connectivity index (χ4v) is 4.16. The lowest BCUT2D eigenvalue weighted by molar-refractivity contribution is -0.255. The molecule has 0 aliphatic carbocycles. The predicted octanol–water partition coefficient (Wildman–Crippen LogP) is 3.99. The van der Waals surface area contributed by atoms with E-state index in [0.29, 0.717) is 46.2 Å². The van der Waals surface area contributed by atoms with Crippen LogP contribution in [0, 0.1) is 11.3 Å². The Bertz CT molecular complexity index is 1550. The third-order valence-electron chi connectivity index (χ3n) is 6.28. The second-order valence-corrected chi connectivity index (χ2v) is 8.99. The van der Waals surface area contributed by atoms with Crippen LogP contribution in [-0.4, -0.2) is 26.1 Å². The smallest absolute Gasteiger partial charge is 0.247 e. The summed E-state index contributed by atoms with van der Waals surface area (Å²) in [7, 11) is 2.98. The second-order valence-electron chi connectivity index (χ2n) is 8.99. The highest BCUT2D eigenvalue weighted by atomic mass is 16.5. The summed E-state index contributed by atoms with van der Waals surface area (Å²) in [6.45, 7) is 0.309. The lowest BCUT2D eigenvalue weighted by Crippen LogP contribution is -2.33. The number of carboxylic acid groups (broad SMARTS) is 1. The molecule has 0 fully saturated rings. The highest BCUT2D eigenvalue weighted by Crippen LogP contribution is 2.39. The van der Waals surface area contributed by atoms with Gasteiger partial charge in [0.1, 0.15) is 18.4 Å². The van der Waals surface area contributed by atoms with Crippen molar-refractivity contribution in [2.24, 2.45) is 0 Å². The van der Waals surface area contributed by atoms with Gasteiger partial charge < -0.3 is 34.7 Å². The van der Waals surface area contributed by atoms with Crippen LogP contribution in [0.1, 0.15) is 38.7 Å². The van der Waals surface area contributed by atoms with Gasteiger partial charge in [0.15, 0.2) is 11.5 Å². The molecule has 4 aromatic rings. The zero-order chi connectivity index (χ0) is 29.2. The maximum absolute atomic E-state index is 13.7. The molecule has 0 aliphatic heterocycles. The average Bonchev–Trinajstić information content (AvgIpc) is 3.02. The number of nitriles is 1. The van der Waals surface area contributed by atoms with Crippen LogP contribution in [-0.2, 0) is 17.9 Å². The number of carbonyl (C=O) groups excluding carboxylic acids is 2. The van der Waals surface area contributed by atoms with Crippen molar-refractivity contribution in [2.75, 3.05) is 19.5 Å². The van der Waals surface area contributed by atoms with E-state index in [0.717, 1.165) is 5.56 Å². The quantitative estimate of drug-likeness (QED) is 0.271. The molecule has 4 aromatic carbocycles. The van der Waals surface area contributed by atoms with Gasteiger partial charge >= 0.3 is 0 Å². The topological polar surface area (TPSA) is 133 Å². The molecule has 0 aliphatic rings. The zero-order valence-electron chi connectivity index (χ0n) is 22.5. The summed E-state index contributed by atoms with van der Waals surface area (Å²) in [4.78, 5) is 25.0. The van der Waals surface area contributed by atoms with E-state index in [1.165, 1.54) is 26.4 Å². The van der Waals surface area contributed by atoms with Crippen LogP contribution in [0.3, 0.4) is 0 Å². The molecule has 1 atom stereocenters.